The van der Waals surface area contributed by atoms with Gasteiger partial charge in [-0.05, 0) is 17.3 Å². The lowest BCUT2D eigenvalue weighted by atomic mass is 10.1. The third-order valence-electron chi connectivity index (χ3n) is 5.21. The lowest BCUT2D eigenvalue weighted by Crippen LogP contribution is -2.33. The SMILES string of the molecule is CC1(C)C2CN(C(=O)c3n[nH]nc3-c3ccccc3)CC21. The second-order valence-electron chi connectivity index (χ2n) is 6.63. The molecule has 5 heteroatoms. The van der Waals surface area contributed by atoms with E-state index in [2.05, 4.69) is 29.3 Å². The minimum absolute atomic E-state index is 0.00870. The number of nitrogens with zero attached hydrogens (tertiary/aromatic N) is 3. The third kappa shape index (κ3) is 1.80. The summed E-state index contributed by atoms with van der Waals surface area (Å²) in [7, 11) is 0. The van der Waals surface area contributed by atoms with E-state index in [4.69, 9.17) is 0 Å². The molecule has 1 N–H and O–H groups in total. The molecule has 1 aliphatic carbocycles. The van der Waals surface area contributed by atoms with Gasteiger partial charge in [0.1, 0.15) is 5.69 Å². The number of carbonyl (C=O) groups excluding carboxylic acids is 1. The molecule has 0 bridgehead atoms. The van der Waals surface area contributed by atoms with E-state index < -0.39 is 0 Å². The van der Waals surface area contributed by atoms with E-state index in [1.807, 2.05) is 35.2 Å². The molecule has 1 saturated carbocycles. The highest BCUT2D eigenvalue weighted by Gasteiger charge is 2.62. The third-order valence-corrected chi connectivity index (χ3v) is 5.21. The van der Waals surface area contributed by atoms with Crippen molar-refractivity contribution in [3.05, 3.63) is 36.0 Å². The summed E-state index contributed by atoms with van der Waals surface area (Å²) in [5.41, 5.74) is 2.39. The van der Waals surface area contributed by atoms with E-state index in [9.17, 15) is 4.79 Å². The molecule has 2 aliphatic rings. The average molecular weight is 282 g/mol. The molecule has 1 aromatic carbocycles. The topological polar surface area (TPSA) is 61.9 Å². The molecule has 21 heavy (non-hydrogen) atoms. The lowest BCUT2D eigenvalue weighted by molar-refractivity contribution is 0.0753. The molecule has 5 nitrogen and oxygen atoms in total. The van der Waals surface area contributed by atoms with Gasteiger partial charge in [-0.15, -0.1) is 0 Å². The van der Waals surface area contributed by atoms with Crippen LogP contribution < -0.4 is 0 Å². The maximum Gasteiger partial charge on any atom is 0.276 e. The first-order chi connectivity index (χ1) is 10.1. The number of carbonyl (C=O) groups is 1. The van der Waals surface area contributed by atoms with Crippen molar-refractivity contribution in [2.75, 3.05) is 13.1 Å². The fraction of sp³-hybridized carbons (Fsp3) is 0.438. The van der Waals surface area contributed by atoms with Gasteiger partial charge in [-0.25, -0.2) is 0 Å². The van der Waals surface area contributed by atoms with Crippen molar-refractivity contribution in [3.8, 4) is 11.3 Å². The minimum Gasteiger partial charge on any atom is -0.337 e. The molecule has 2 fully saturated rings. The van der Waals surface area contributed by atoms with E-state index in [0.717, 1.165) is 18.7 Å². The first-order valence-electron chi connectivity index (χ1n) is 7.34. The number of fused-ring (bicyclic) bond motifs is 1. The Hall–Kier alpha value is -2.17. The summed E-state index contributed by atoms with van der Waals surface area (Å²) in [5.74, 6) is 1.28. The Labute approximate surface area is 123 Å². The number of piperidine rings is 1. The van der Waals surface area contributed by atoms with Crippen LogP contribution in [0, 0.1) is 17.3 Å². The van der Waals surface area contributed by atoms with Crippen LogP contribution in [0.25, 0.3) is 11.3 Å². The minimum atomic E-state index is -0.00870. The highest BCUT2D eigenvalue weighted by Crippen LogP contribution is 2.62. The normalized spacial score (nSPS) is 25.7. The van der Waals surface area contributed by atoms with Gasteiger partial charge in [0, 0.05) is 18.7 Å². The molecule has 0 radical (unpaired) electrons. The quantitative estimate of drug-likeness (QED) is 0.918. The zero-order valence-corrected chi connectivity index (χ0v) is 12.2. The van der Waals surface area contributed by atoms with Crippen molar-refractivity contribution in [2.24, 2.45) is 17.3 Å². The molecule has 2 aromatic rings. The molecule has 4 rings (SSSR count). The van der Waals surface area contributed by atoms with Gasteiger partial charge < -0.3 is 4.90 Å². The fourth-order valence-electron chi connectivity index (χ4n) is 3.62. The van der Waals surface area contributed by atoms with Crippen LogP contribution in [0.3, 0.4) is 0 Å². The number of amides is 1. The van der Waals surface area contributed by atoms with Gasteiger partial charge in [-0.2, -0.15) is 15.4 Å². The predicted octanol–water partition coefficient (Wildman–Crippen LogP) is 2.20. The van der Waals surface area contributed by atoms with E-state index in [0.29, 0.717) is 28.6 Å². The van der Waals surface area contributed by atoms with Crippen molar-refractivity contribution in [3.63, 3.8) is 0 Å². The number of hydrogen-bond donors (Lipinski definition) is 1. The number of benzene rings is 1. The van der Waals surface area contributed by atoms with Gasteiger partial charge in [0.25, 0.3) is 5.91 Å². The number of hydrogen-bond acceptors (Lipinski definition) is 3. The first-order valence-corrected chi connectivity index (χ1v) is 7.34. The zero-order chi connectivity index (χ0) is 14.6. The molecule has 0 spiro atoms. The predicted molar refractivity (Wildman–Crippen MR) is 78.5 cm³/mol. The smallest absolute Gasteiger partial charge is 0.276 e. The standard InChI is InChI=1S/C16H18N4O/c1-16(2)11-8-20(9-12(11)16)15(21)14-13(17-19-18-14)10-6-4-3-5-7-10/h3-7,11-12H,8-9H2,1-2H3,(H,17,18,19). The van der Waals surface area contributed by atoms with Gasteiger partial charge in [0.15, 0.2) is 5.69 Å². The van der Waals surface area contributed by atoms with E-state index in [-0.39, 0.29) is 5.91 Å². The molecule has 108 valence electrons. The summed E-state index contributed by atoms with van der Waals surface area (Å²) in [6.07, 6.45) is 0. The highest BCUT2D eigenvalue weighted by molar-refractivity contribution is 5.98. The van der Waals surface area contributed by atoms with Crippen LogP contribution in [0.2, 0.25) is 0 Å². The van der Waals surface area contributed by atoms with Crippen LogP contribution >= 0.6 is 0 Å². The molecule has 1 aliphatic heterocycles. The largest absolute Gasteiger partial charge is 0.337 e. The summed E-state index contributed by atoms with van der Waals surface area (Å²) >= 11 is 0. The van der Waals surface area contributed by atoms with Crippen LogP contribution in [0.1, 0.15) is 24.3 Å². The summed E-state index contributed by atoms with van der Waals surface area (Å²) in [4.78, 5) is 14.6. The van der Waals surface area contributed by atoms with Gasteiger partial charge in [-0.3, -0.25) is 4.79 Å². The Morgan fingerprint density at radius 3 is 2.52 bits per heavy atom. The average Bonchev–Trinajstić information content (AvgIpc) is 2.97. The lowest BCUT2D eigenvalue weighted by Gasteiger charge is -2.21. The Morgan fingerprint density at radius 2 is 1.86 bits per heavy atom. The molecule has 2 unspecified atom stereocenters. The second kappa shape index (κ2) is 4.16. The van der Waals surface area contributed by atoms with Gasteiger partial charge in [0.2, 0.25) is 0 Å². The number of rotatable bonds is 2. The van der Waals surface area contributed by atoms with Gasteiger partial charge >= 0.3 is 0 Å². The monoisotopic (exact) mass is 282 g/mol. The number of nitrogens with one attached hydrogen (secondary N) is 1. The van der Waals surface area contributed by atoms with E-state index >= 15 is 0 Å². The first kappa shape index (κ1) is 12.6. The Kier molecular flexibility index (Phi) is 2.49. The van der Waals surface area contributed by atoms with Crippen LogP contribution in [-0.4, -0.2) is 39.3 Å². The Balaban J connectivity index is 1.59. The number of aromatic amines is 1. The highest BCUT2D eigenvalue weighted by atomic mass is 16.2. The molecule has 1 amide bonds. The summed E-state index contributed by atoms with van der Waals surface area (Å²) < 4.78 is 0. The van der Waals surface area contributed by atoms with Crippen molar-refractivity contribution in [1.29, 1.82) is 0 Å². The number of likely N-dealkylation sites (tertiary alicyclic amines) is 1. The van der Waals surface area contributed by atoms with E-state index in [1.165, 1.54) is 0 Å². The van der Waals surface area contributed by atoms with Crippen LogP contribution in [-0.2, 0) is 0 Å². The maximum absolute atomic E-state index is 12.7. The summed E-state index contributed by atoms with van der Waals surface area (Å²) in [6, 6.07) is 9.71. The molecular weight excluding hydrogens is 264 g/mol. The Morgan fingerprint density at radius 1 is 1.19 bits per heavy atom. The fourth-order valence-corrected chi connectivity index (χ4v) is 3.62. The van der Waals surface area contributed by atoms with Crippen molar-refractivity contribution in [1.82, 2.24) is 20.3 Å². The van der Waals surface area contributed by atoms with Crippen LogP contribution in [0.15, 0.2) is 30.3 Å². The van der Waals surface area contributed by atoms with Crippen molar-refractivity contribution >= 4 is 5.91 Å². The van der Waals surface area contributed by atoms with Crippen molar-refractivity contribution < 1.29 is 4.79 Å². The molecule has 2 atom stereocenters. The van der Waals surface area contributed by atoms with Crippen LogP contribution in [0.5, 0.6) is 0 Å². The second-order valence-corrected chi connectivity index (χ2v) is 6.63. The molecule has 2 heterocycles. The van der Waals surface area contributed by atoms with Crippen molar-refractivity contribution in [2.45, 2.75) is 13.8 Å². The van der Waals surface area contributed by atoms with Gasteiger partial charge in [-0.1, -0.05) is 44.2 Å². The molecule has 1 saturated heterocycles. The number of H-pyrrole nitrogens is 1. The van der Waals surface area contributed by atoms with Gasteiger partial charge in [0.05, 0.1) is 0 Å². The molecule has 1 aromatic heterocycles. The maximum atomic E-state index is 12.7. The zero-order valence-electron chi connectivity index (χ0n) is 12.2. The molecular formula is C16H18N4O. The summed E-state index contributed by atoms with van der Waals surface area (Å²) in [5, 5.41) is 10.8. The van der Waals surface area contributed by atoms with Crippen LogP contribution in [0.4, 0.5) is 0 Å². The number of aromatic nitrogens is 3. The van der Waals surface area contributed by atoms with E-state index in [1.54, 1.807) is 0 Å². The Bertz CT molecular complexity index is 677. The summed E-state index contributed by atoms with van der Waals surface area (Å²) in [6.45, 7) is 6.26.